The molecule has 0 spiro atoms. The van der Waals surface area contributed by atoms with Crippen LogP contribution in [0.5, 0.6) is 11.5 Å². The minimum atomic E-state index is -0.134. The molecular formula is C21H21N5O3. The van der Waals surface area contributed by atoms with Crippen molar-refractivity contribution in [1.29, 1.82) is 5.26 Å². The first-order valence-corrected chi connectivity index (χ1v) is 8.95. The predicted octanol–water partition coefficient (Wildman–Crippen LogP) is 1.71. The van der Waals surface area contributed by atoms with E-state index in [0.717, 1.165) is 0 Å². The normalized spacial score (nSPS) is 15.2. The van der Waals surface area contributed by atoms with Crippen molar-refractivity contribution < 1.29 is 14.3 Å². The molecule has 1 fully saturated rings. The van der Waals surface area contributed by atoms with Gasteiger partial charge in [-0.3, -0.25) is 4.79 Å². The zero-order chi connectivity index (χ0) is 21.0. The van der Waals surface area contributed by atoms with E-state index in [0.29, 0.717) is 42.3 Å². The zero-order valence-electron chi connectivity index (χ0n) is 16.3. The van der Waals surface area contributed by atoms with E-state index in [9.17, 15) is 10.1 Å². The summed E-state index contributed by atoms with van der Waals surface area (Å²) < 4.78 is 12.1. The standard InChI is InChI=1S/C21H21N5O3/c1-4-20(27)25-8-7-15(13-25)26-21(23)18(12-22)19(24-26)6-5-14-9-16(28-2)11-17(10-14)29-3/h4,9-11,15H,1,7-8,13,23H2,2-3H3. The Morgan fingerprint density at radius 3 is 2.59 bits per heavy atom. The van der Waals surface area contributed by atoms with Crippen molar-refractivity contribution in [1.82, 2.24) is 14.7 Å². The molecule has 29 heavy (non-hydrogen) atoms. The van der Waals surface area contributed by atoms with E-state index in [4.69, 9.17) is 15.2 Å². The van der Waals surface area contributed by atoms with Gasteiger partial charge in [0.05, 0.1) is 20.3 Å². The first kappa shape index (κ1) is 19.8. The Morgan fingerprint density at radius 1 is 1.31 bits per heavy atom. The minimum Gasteiger partial charge on any atom is -0.497 e. The Bertz CT molecular complexity index is 1030. The lowest BCUT2D eigenvalue weighted by Crippen LogP contribution is -2.27. The minimum absolute atomic E-state index is 0.113. The van der Waals surface area contributed by atoms with Gasteiger partial charge in [-0.05, 0) is 30.6 Å². The van der Waals surface area contributed by atoms with Gasteiger partial charge in [0, 0.05) is 24.7 Å². The molecule has 2 heterocycles. The Labute approximate surface area is 169 Å². The number of benzene rings is 1. The highest BCUT2D eigenvalue weighted by Crippen LogP contribution is 2.27. The van der Waals surface area contributed by atoms with Crippen LogP contribution in [0.1, 0.15) is 29.3 Å². The number of hydrogen-bond acceptors (Lipinski definition) is 6. The molecule has 1 amide bonds. The van der Waals surface area contributed by atoms with E-state index in [-0.39, 0.29) is 23.3 Å². The van der Waals surface area contributed by atoms with E-state index in [2.05, 4.69) is 29.6 Å². The molecular weight excluding hydrogens is 370 g/mol. The largest absolute Gasteiger partial charge is 0.497 e. The first-order chi connectivity index (χ1) is 14.0. The summed E-state index contributed by atoms with van der Waals surface area (Å²) in [6.45, 7) is 4.56. The number of likely N-dealkylation sites (tertiary alicyclic amines) is 1. The van der Waals surface area contributed by atoms with Gasteiger partial charge in [0.2, 0.25) is 5.91 Å². The number of nitrogens with two attached hydrogens (primary N) is 1. The average molecular weight is 391 g/mol. The fraction of sp³-hybridized carbons (Fsp3) is 0.286. The van der Waals surface area contributed by atoms with E-state index < -0.39 is 0 Å². The number of amides is 1. The summed E-state index contributed by atoms with van der Waals surface area (Å²) >= 11 is 0. The number of ether oxygens (including phenoxy) is 2. The SMILES string of the molecule is C=CC(=O)N1CCC(n2nc(C#Cc3cc(OC)cc(OC)c3)c(C#N)c2N)C1. The van der Waals surface area contributed by atoms with Gasteiger partial charge in [-0.2, -0.15) is 10.4 Å². The van der Waals surface area contributed by atoms with E-state index in [1.54, 1.807) is 42.0 Å². The van der Waals surface area contributed by atoms with Crippen LogP contribution in [0.25, 0.3) is 0 Å². The summed E-state index contributed by atoms with van der Waals surface area (Å²) in [5, 5.41) is 14.0. The number of rotatable bonds is 4. The molecule has 2 aromatic rings. The second-order valence-electron chi connectivity index (χ2n) is 6.45. The molecule has 1 aromatic carbocycles. The Balaban J connectivity index is 1.92. The third-order valence-electron chi connectivity index (χ3n) is 4.73. The van der Waals surface area contributed by atoms with Crippen LogP contribution in [0.4, 0.5) is 5.82 Å². The second-order valence-corrected chi connectivity index (χ2v) is 6.45. The Kier molecular flexibility index (Phi) is 5.75. The van der Waals surface area contributed by atoms with Gasteiger partial charge in [-0.1, -0.05) is 12.5 Å². The Hall–Kier alpha value is -3.91. The highest BCUT2D eigenvalue weighted by Gasteiger charge is 2.29. The molecule has 2 N–H and O–H groups in total. The summed E-state index contributed by atoms with van der Waals surface area (Å²) in [5.74, 6) is 7.23. The Morgan fingerprint density at radius 2 is 2.00 bits per heavy atom. The highest BCUT2D eigenvalue weighted by atomic mass is 16.5. The van der Waals surface area contributed by atoms with E-state index >= 15 is 0 Å². The highest BCUT2D eigenvalue weighted by molar-refractivity contribution is 5.87. The lowest BCUT2D eigenvalue weighted by molar-refractivity contribution is -0.125. The lowest BCUT2D eigenvalue weighted by Gasteiger charge is -2.15. The molecule has 8 heteroatoms. The van der Waals surface area contributed by atoms with E-state index in [1.807, 2.05) is 0 Å². The fourth-order valence-electron chi connectivity index (χ4n) is 3.21. The topological polar surface area (TPSA) is 106 Å². The molecule has 1 saturated heterocycles. The number of aromatic nitrogens is 2. The quantitative estimate of drug-likeness (QED) is 0.628. The van der Waals surface area contributed by atoms with Crippen LogP contribution in [-0.2, 0) is 4.79 Å². The maximum absolute atomic E-state index is 11.8. The molecule has 0 radical (unpaired) electrons. The van der Waals surface area contributed by atoms with Gasteiger partial charge in [0.15, 0.2) is 5.69 Å². The summed E-state index contributed by atoms with van der Waals surface area (Å²) in [6.07, 6.45) is 1.98. The van der Waals surface area contributed by atoms with Crippen molar-refractivity contribution in [2.24, 2.45) is 0 Å². The molecule has 1 unspecified atom stereocenters. The third kappa shape index (κ3) is 4.02. The van der Waals surface area contributed by atoms with Crippen molar-refractivity contribution >= 4 is 11.7 Å². The van der Waals surface area contributed by atoms with Gasteiger partial charge in [-0.25, -0.2) is 4.68 Å². The van der Waals surface area contributed by atoms with Gasteiger partial charge in [-0.15, -0.1) is 0 Å². The first-order valence-electron chi connectivity index (χ1n) is 8.95. The summed E-state index contributed by atoms with van der Waals surface area (Å²) in [6, 6.07) is 7.23. The number of methoxy groups -OCH3 is 2. The van der Waals surface area contributed by atoms with Crippen LogP contribution < -0.4 is 15.2 Å². The van der Waals surface area contributed by atoms with Crippen LogP contribution in [-0.4, -0.2) is 47.9 Å². The predicted molar refractivity (Wildman–Crippen MR) is 107 cm³/mol. The maximum Gasteiger partial charge on any atom is 0.246 e. The van der Waals surface area contributed by atoms with Crippen molar-refractivity contribution in [3.8, 4) is 29.4 Å². The van der Waals surface area contributed by atoms with Crippen LogP contribution in [0.2, 0.25) is 0 Å². The molecule has 148 valence electrons. The number of carbonyl (C=O) groups excluding carboxylic acids is 1. The third-order valence-corrected chi connectivity index (χ3v) is 4.73. The average Bonchev–Trinajstić information content (AvgIpc) is 3.35. The molecule has 1 aliphatic heterocycles. The second kappa shape index (κ2) is 8.41. The molecule has 8 nitrogen and oxygen atoms in total. The smallest absolute Gasteiger partial charge is 0.246 e. The number of carbonyl (C=O) groups is 1. The molecule has 1 aromatic heterocycles. The zero-order valence-corrected chi connectivity index (χ0v) is 16.3. The van der Waals surface area contributed by atoms with Gasteiger partial charge in [0.25, 0.3) is 0 Å². The lowest BCUT2D eigenvalue weighted by atomic mass is 10.2. The van der Waals surface area contributed by atoms with Crippen molar-refractivity contribution in [3.05, 3.63) is 47.7 Å². The van der Waals surface area contributed by atoms with Crippen LogP contribution in [0, 0.1) is 23.2 Å². The molecule has 1 aliphatic rings. The number of nitriles is 1. The van der Waals surface area contributed by atoms with E-state index in [1.165, 1.54) is 6.08 Å². The van der Waals surface area contributed by atoms with Crippen LogP contribution in [0.15, 0.2) is 30.9 Å². The molecule has 0 bridgehead atoms. The monoisotopic (exact) mass is 391 g/mol. The fourth-order valence-corrected chi connectivity index (χ4v) is 3.21. The van der Waals surface area contributed by atoms with Crippen molar-refractivity contribution in [2.45, 2.75) is 12.5 Å². The van der Waals surface area contributed by atoms with Gasteiger partial charge in [0.1, 0.15) is 28.9 Å². The van der Waals surface area contributed by atoms with Crippen molar-refractivity contribution in [2.75, 3.05) is 33.0 Å². The summed E-state index contributed by atoms with van der Waals surface area (Å²) in [7, 11) is 3.12. The summed E-state index contributed by atoms with van der Waals surface area (Å²) in [4.78, 5) is 13.5. The number of hydrogen-bond donors (Lipinski definition) is 1. The number of anilines is 1. The number of nitrogen functional groups attached to an aromatic ring is 1. The molecule has 0 aliphatic carbocycles. The van der Waals surface area contributed by atoms with Crippen LogP contribution in [0.3, 0.4) is 0 Å². The maximum atomic E-state index is 11.8. The van der Waals surface area contributed by atoms with Crippen molar-refractivity contribution in [3.63, 3.8) is 0 Å². The molecule has 3 rings (SSSR count). The molecule has 1 atom stereocenters. The van der Waals surface area contributed by atoms with Gasteiger partial charge < -0.3 is 20.1 Å². The number of nitrogens with zero attached hydrogens (tertiary/aromatic N) is 4. The van der Waals surface area contributed by atoms with Gasteiger partial charge >= 0.3 is 0 Å². The summed E-state index contributed by atoms with van der Waals surface area (Å²) in [5.41, 5.74) is 7.32. The molecule has 0 saturated carbocycles. The van der Waals surface area contributed by atoms with Crippen LogP contribution >= 0.6 is 0 Å².